The predicted octanol–water partition coefficient (Wildman–Crippen LogP) is 4.16. The van der Waals surface area contributed by atoms with E-state index in [9.17, 15) is 9.18 Å². The van der Waals surface area contributed by atoms with Crippen molar-refractivity contribution >= 4 is 33.2 Å². The molecule has 0 fully saturated rings. The molecule has 0 saturated carbocycles. The first-order valence-corrected chi connectivity index (χ1v) is 10.8. The number of imidazole rings is 1. The highest BCUT2D eigenvalue weighted by atomic mass is 32.1. The lowest BCUT2D eigenvalue weighted by Gasteiger charge is -2.22. The van der Waals surface area contributed by atoms with Crippen LogP contribution in [0.3, 0.4) is 0 Å². The van der Waals surface area contributed by atoms with Crippen molar-refractivity contribution in [3.05, 3.63) is 30.1 Å². The number of amides is 1. The zero-order valence-corrected chi connectivity index (χ0v) is 19.1. The van der Waals surface area contributed by atoms with Crippen molar-refractivity contribution in [1.29, 1.82) is 0 Å². The summed E-state index contributed by atoms with van der Waals surface area (Å²) in [5.74, 6) is 0.336. The number of anilines is 2. The quantitative estimate of drug-likeness (QED) is 0.586. The highest BCUT2D eigenvalue weighted by Gasteiger charge is 2.23. The zero-order valence-electron chi connectivity index (χ0n) is 18.3. The lowest BCUT2D eigenvalue weighted by molar-refractivity contribution is -0.120. The van der Waals surface area contributed by atoms with Crippen LogP contribution in [-0.4, -0.2) is 45.7 Å². The van der Waals surface area contributed by atoms with E-state index in [2.05, 4.69) is 15.7 Å². The molecule has 3 aromatic rings. The zero-order chi connectivity index (χ0) is 22.1. The number of nitrogens with one attached hydrogen (secondary N) is 2. The van der Waals surface area contributed by atoms with Crippen LogP contribution >= 0.6 is 11.3 Å². The van der Waals surface area contributed by atoms with Crippen LogP contribution in [0.4, 0.5) is 15.3 Å². The molecule has 9 heteroatoms. The number of benzene rings is 1. The summed E-state index contributed by atoms with van der Waals surface area (Å²) in [6, 6.07) is 6.51. The molecule has 2 aromatic heterocycles. The minimum Gasteiger partial charge on any atom is -0.364 e. The molecule has 0 saturated heterocycles. The van der Waals surface area contributed by atoms with E-state index in [1.165, 1.54) is 23.5 Å². The molecule has 0 aliphatic rings. The maximum atomic E-state index is 13.8. The van der Waals surface area contributed by atoms with Crippen LogP contribution in [0.15, 0.2) is 24.3 Å². The number of halogens is 1. The number of fused-ring (bicyclic) bond motifs is 1. The Bertz CT molecular complexity index is 1040. The molecule has 2 N–H and O–H groups in total. The van der Waals surface area contributed by atoms with Gasteiger partial charge in [-0.25, -0.2) is 9.37 Å². The Balaban J connectivity index is 1.95. The molecule has 0 aliphatic carbocycles. The Morgan fingerprint density at radius 3 is 2.73 bits per heavy atom. The molecule has 7 nitrogen and oxygen atoms in total. The topological polar surface area (TPSA) is 74.6 Å². The van der Waals surface area contributed by atoms with Crippen LogP contribution in [0.25, 0.3) is 16.2 Å². The van der Waals surface area contributed by atoms with Crippen LogP contribution in [0, 0.1) is 5.82 Å². The number of hydrogen-bond donors (Lipinski definition) is 2. The molecular formula is C21H29FN6OS. The SMILES string of the molecule is CC[C@@H](C)NC(=O)CN(C)c1nn2c(NC(C)(C)C)c(-c3cccc(F)c3)nc2s1. The van der Waals surface area contributed by atoms with Gasteiger partial charge in [-0.2, -0.15) is 4.52 Å². The fraction of sp³-hybridized carbons (Fsp3) is 0.476. The van der Waals surface area contributed by atoms with Crippen LogP contribution in [-0.2, 0) is 4.79 Å². The maximum Gasteiger partial charge on any atom is 0.239 e. The molecule has 2 heterocycles. The molecule has 0 radical (unpaired) electrons. The van der Waals surface area contributed by atoms with Crippen molar-refractivity contribution in [3.63, 3.8) is 0 Å². The third-order valence-corrected chi connectivity index (χ3v) is 5.53. The van der Waals surface area contributed by atoms with Crippen molar-refractivity contribution in [3.8, 4) is 11.3 Å². The van der Waals surface area contributed by atoms with Crippen LogP contribution < -0.4 is 15.5 Å². The van der Waals surface area contributed by atoms with Gasteiger partial charge in [0.2, 0.25) is 16.0 Å². The Hall–Kier alpha value is -2.68. The van der Waals surface area contributed by atoms with Crippen molar-refractivity contribution in [2.45, 2.75) is 52.6 Å². The minimum absolute atomic E-state index is 0.0480. The third kappa shape index (κ3) is 5.08. The molecule has 0 spiro atoms. The number of hydrogen-bond acceptors (Lipinski definition) is 6. The van der Waals surface area contributed by atoms with Gasteiger partial charge in [0.15, 0.2) is 5.82 Å². The van der Waals surface area contributed by atoms with Crippen LogP contribution in [0.2, 0.25) is 0 Å². The van der Waals surface area contributed by atoms with E-state index in [4.69, 9.17) is 4.98 Å². The van der Waals surface area contributed by atoms with Gasteiger partial charge >= 0.3 is 0 Å². The predicted molar refractivity (Wildman–Crippen MR) is 121 cm³/mol. The van der Waals surface area contributed by atoms with Gasteiger partial charge in [0.1, 0.15) is 11.5 Å². The lowest BCUT2D eigenvalue weighted by atomic mass is 10.1. The van der Waals surface area contributed by atoms with Gasteiger partial charge in [-0.1, -0.05) is 30.4 Å². The molecular weight excluding hydrogens is 403 g/mol. The first-order chi connectivity index (χ1) is 14.1. The Morgan fingerprint density at radius 1 is 1.37 bits per heavy atom. The molecule has 1 aromatic carbocycles. The average Bonchev–Trinajstić information content (AvgIpc) is 3.20. The van der Waals surface area contributed by atoms with Gasteiger partial charge in [0, 0.05) is 24.2 Å². The molecule has 0 aliphatic heterocycles. The van der Waals surface area contributed by atoms with E-state index in [0.29, 0.717) is 27.2 Å². The second-order valence-electron chi connectivity index (χ2n) is 8.51. The van der Waals surface area contributed by atoms with Crippen molar-refractivity contribution in [2.75, 3.05) is 23.8 Å². The third-order valence-electron chi connectivity index (χ3n) is 4.51. The van der Waals surface area contributed by atoms with Gasteiger partial charge in [-0.05, 0) is 46.2 Å². The number of nitrogens with zero attached hydrogens (tertiary/aromatic N) is 4. The normalized spacial score (nSPS) is 12.8. The van der Waals surface area contributed by atoms with E-state index < -0.39 is 0 Å². The van der Waals surface area contributed by atoms with Crippen LogP contribution in [0.5, 0.6) is 0 Å². The molecule has 0 bridgehead atoms. The van der Waals surface area contributed by atoms with Crippen LogP contribution in [0.1, 0.15) is 41.0 Å². The van der Waals surface area contributed by atoms with E-state index in [1.54, 1.807) is 15.5 Å². The average molecular weight is 433 g/mol. The largest absolute Gasteiger partial charge is 0.364 e. The summed E-state index contributed by atoms with van der Waals surface area (Å²) in [6.45, 7) is 10.3. The first kappa shape index (κ1) is 22.0. The van der Waals surface area contributed by atoms with Gasteiger partial charge in [0.05, 0.1) is 6.54 Å². The van der Waals surface area contributed by atoms with Gasteiger partial charge in [0.25, 0.3) is 0 Å². The molecule has 3 rings (SSSR count). The Kier molecular flexibility index (Phi) is 6.30. The summed E-state index contributed by atoms with van der Waals surface area (Å²) in [7, 11) is 1.83. The number of carbonyl (C=O) groups is 1. The second-order valence-corrected chi connectivity index (χ2v) is 9.44. The molecule has 0 unspecified atom stereocenters. The Morgan fingerprint density at radius 2 is 2.10 bits per heavy atom. The smallest absolute Gasteiger partial charge is 0.239 e. The van der Waals surface area contributed by atoms with Gasteiger partial charge in [-0.3, -0.25) is 4.79 Å². The summed E-state index contributed by atoms with van der Waals surface area (Å²) < 4.78 is 15.5. The summed E-state index contributed by atoms with van der Waals surface area (Å²) in [5, 5.41) is 11.8. The summed E-state index contributed by atoms with van der Waals surface area (Å²) in [5.41, 5.74) is 1.08. The Labute approximate surface area is 180 Å². The maximum absolute atomic E-state index is 13.8. The van der Waals surface area contributed by atoms with E-state index in [0.717, 1.165) is 6.42 Å². The number of aromatic nitrogens is 3. The second kappa shape index (κ2) is 8.59. The van der Waals surface area contributed by atoms with Crippen molar-refractivity contribution < 1.29 is 9.18 Å². The van der Waals surface area contributed by atoms with Gasteiger partial charge < -0.3 is 15.5 Å². The summed E-state index contributed by atoms with van der Waals surface area (Å²) in [6.07, 6.45) is 0.880. The molecule has 30 heavy (non-hydrogen) atoms. The number of carbonyl (C=O) groups excluding carboxylic acids is 1. The fourth-order valence-corrected chi connectivity index (χ4v) is 3.76. The van der Waals surface area contributed by atoms with Crippen molar-refractivity contribution in [1.82, 2.24) is 19.9 Å². The van der Waals surface area contributed by atoms with E-state index in [1.807, 2.05) is 47.7 Å². The lowest BCUT2D eigenvalue weighted by Crippen LogP contribution is -2.39. The molecule has 1 atom stereocenters. The molecule has 162 valence electrons. The fourth-order valence-electron chi connectivity index (χ4n) is 2.90. The van der Waals surface area contributed by atoms with Crippen molar-refractivity contribution in [2.24, 2.45) is 0 Å². The monoisotopic (exact) mass is 432 g/mol. The van der Waals surface area contributed by atoms with Gasteiger partial charge in [-0.15, -0.1) is 5.10 Å². The first-order valence-electron chi connectivity index (χ1n) is 10.0. The summed E-state index contributed by atoms with van der Waals surface area (Å²) >= 11 is 1.38. The minimum atomic E-state index is -0.314. The van der Waals surface area contributed by atoms with E-state index in [-0.39, 0.29) is 29.8 Å². The number of rotatable bonds is 7. The highest BCUT2D eigenvalue weighted by Crippen LogP contribution is 2.34. The van der Waals surface area contributed by atoms with E-state index >= 15 is 0 Å². The summed E-state index contributed by atoms with van der Waals surface area (Å²) in [4.78, 5) is 19.4. The standard InChI is InChI=1S/C21H29FN6OS/c1-7-13(2)23-16(29)12-27(6)20-26-28-18(25-21(3,4)5)17(24-19(28)30-20)14-9-8-10-15(22)11-14/h8-11,13,25H,7,12H2,1-6H3,(H,23,29)/t13-/m1/s1. The number of likely N-dealkylation sites (N-methyl/N-ethyl adjacent to an activating group) is 1. The molecule has 1 amide bonds. The highest BCUT2D eigenvalue weighted by molar-refractivity contribution is 7.20.